The smallest absolute Gasteiger partial charge is 0.273 e. The summed E-state index contributed by atoms with van der Waals surface area (Å²) in [6.45, 7) is 7.63. The van der Waals surface area contributed by atoms with Crippen LogP contribution in [0.25, 0.3) is 0 Å². The second-order valence-corrected chi connectivity index (χ2v) is 6.84. The Morgan fingerprint density at radius 2 is 1.79 bits per heavy atom. The molecule has 0 fully saturated rings. The number of thioether (sulfide) groups is 1. The molecular formula is C18H22N2O3S. The third-order valence-electron chi connectivity index (χ3n) is 3.68. The second-order valence-electron chi connectivity index (χ2n) is 5.67. The average molecular weight is 346 g/mol. The van der Waals surface area contributed by atoms with E-state index in [4.69, 9.17) is 4.42 Å². The lowest BCUT2D eigenvalue weighted by atomic mass is 10.1. The number of aryl methyl sites for hydroxylation is 4. The quantitative estimate of drug-likeness (QED) is 0.642. The third-order valence-corrected chi connectivity index (χ3v) is 4.67. The molecule has 0 spiro atoms. The molecule has 5 nitrogen and oxygen atoms in total. The number of hydrogen-bond acceptors (Lipinski definition) is 4. The lowest BCUT2D eigenvalue weighted by Crippen LogP contribution is -2.41. The molecule has 2 amide bonds. The molecule has 1 aromatic carbocycles. The van der Waals surface area contributed by atoms with Crippen molar-refractivity contribution in [1.29, 1.82) is 0 Å². The van der Waals surface area contributed by atoms with Gasteiger partial charge in [0.05, 0.1) is 5.56 Å². The highest BCUT2D eigenvalue weighted by atomic mass is 32.2. The lowest BCUT2D eigenvalue weighted by Gasteiger charge is -2.07. The highest BCUT2D eigenvalue weighted by Crippen LogP contribution is 2.21. The van der Waals surface area contributed by atoms with E-state index >= 15 is 0 Å². The highest BCUT2D eigenvalue weighted by Gasteiger charge is 2.14. The molecule has 1 heterocycles. The molecule has 0 aliphatic rings. The standard InChI is InChI=1S/C18H22N2O3S/c1-11-5-6-15(9-12(11)2)24-8-7-17(21)19-20-18(22)16-10-13(3)23-14(16)4/h5-6,9-10H,7-8H2,1-4H3,(H,19,21)(H,20,22). The van der Waals surface area contributed by atoms with Gasteiger partial charge in [0.2, 0.25) is 5.91 Å². The number of benzene rings is 1. The number of carbonyl (C=O) groups is 2. The van der Waals surface area contributed by atoms with Crippen molar-refractivity contribution in [1.82, 2.24) is 10.9 Å². The van der Waals surface area contributed by atoms with Gasteiger partial charge in [-0.15, -0.1) is 11.8 Å². The monoisotopic (exact) mass is 346 g/mol. The highest BCUT2D eigenvalue weighted by molar-refractivity contribution is 7.99. The van der Waals surface area contributed by atoms with Crippen molar-refractivity contribution in [2.24, 2.45) is 0 Å². The molecule has 2 rings (SSSR count). The molecule has 0 saturated heterocycles. The molecule has 0 aliphatic heterocycles. The number of nitrogens with one attached hydrogen (secondary N) is 2. The van der Waals surface area contributed by atoms with Crippen LogP contribution >= 0.6 is 11.8 Å². The summed E-state index contributed by atoms with van der Waals surface area (Å²) in [6.07, 6.45) is 0.321. The van der Waals surface area contributed by atoms with Gasteiger partial charge in [-0.2, -0.15) is 0 Å². The van der Waals surface area contributed by atoms with Crippen molar-refractivity contribution < 1.29 is 14.0 Å². The Labute approximate surface area is 146 Å². The number of hydrogen-bond donors (Lipinski definition) is 2. The largest absolute Gasteiger partial charge is 0.466 e. The Kier molecular flexibility index (Phi) is 6.09. The van der Waals surface area contributed by atoms with Gasteiger partial charge in [-0.3, -0.25) is 20.4 Å². The van der Waals surface area contributed by atoms with Crippen LogP contribution < -0.4 is 10.9 Å². The number of amides is 2. The zero-order valence-electron chi connectivity index (χ0n) is 14.4. The molecule has 0 saturated carbocycles. The first kappa shape index (κ1) is 18.1. The van der Waals surface area contributed by atoms with Crippen molar-refractivity contribution in [3.63, 3.8) is 0 Å². The van der Waals surface area contributed by atoms with E-state index in [2.05, 4.69) is 42.9 Å². The zero-order chi connectivity index (χ0) is 17.7. The molecule has 1 aromatic heterocycles. The molecule has 0 atom stereocenters. The summed E-state index contributed by atoms with van der Waals surface area (Å²) in [6, 6.07) is 7.89. The van der Waals surface area contributed by atoms with Crippen LogP contribution in [-0.4, -0.2) is 17.6 Å². The van der Waals surface area contributed by atoms with Gasteiger partial charge in [0.15, 0.2) is 0 Å². The van der Waals surface area contributed by atoms with Crippen molar-refractivity contribution in [2.45, 2.75) is 39.0 Å². The molecule has 128 valence electrons. The molecule has 2 N–H and O–H groups in total. The summed E-state index contributed by atoms with van der Waals surface area (Å²) in [5, 5.41) is 0. The van der Waals surface area contributed by atoms with Crippen molar-refractivity contribution in [3.05, 3.63) is 52.5 Å². The van der Waals surface area contributed by atoms with Gasteiger partial charge >= 0.3 is 0 Å². The van der Waals surface area contributed by atoms with E-state index in [1.165, 1.54) is 11.1 Å². The van der Waals surface area contributed by atoms with E-state index in [1.807, 2.05) is 0 Å². The SMILES string of the molecule is Cc1cc(C(=O)NNC(=O)CCSc2ccc(C)c(C)c2)c(C)o1. The van der Waals surface area contributed by atoms with Crippen LogP contribution in [0.15, 0.2) is 33.6 Å². The minimum atomic E-state index is -0.375. The van der Waals surface area contributed by atoms with Gasteiger partial charge in [0.1, 0.15) is 11.5 Å². The molecule has 6 heteroatoms. The van der Waals surface area contributed by atoms with E-state index in [1.54, 1.807) is 31.7 Å². The summed E-state index contributed by atoms with van der Waals surface area (Å²) < 4.78 is 5.30. The summed E-state index contributed by atoms with van der Waals surface area (Å²) in [5.41, 5.74) is 7.76. The van der Waals surface area contributed by atoms with Crippen LogP contribution in [0.1, 0.15) is 39.4 Å². The van der Waals surface area contributed by atoms with Gasteiger partial charge in [-0.25, -0.2) is 0 Å². The Balaban J connectivity index is 1.74. The normalized spacial score (nSPS) is 10.5. The number of furan rings is 1. The fourth-order valence-electron chi connectivity index (χ4n) is 2.18. The summed E-state index contributed by atoms with van der Waals surface area (Å²) in [4.78, 5) is 24.9. The molecule has 2 aromatic rings. The summed E-state index contributed by atoms with van der Waals surface area (Å²) >= 11 is 1.62. The molecule has 0 aliphatic carbocycles. The van der Waals surface area contributed by atoms with Crippen LogP contribution in [0.5, 0.6) is 0 Å². The Bertz CT molecular complexity index is 753. The topological polar surface area (TPSA) is 71.3 Å². The Morgan fingerprint density at radius 1 is 1.04 bits per heavy atom. The second kappa shape index (κ2) is 8.06. The average Bonchev–Trinajstić information content (AvgIpc) is 2.87. The van der Waals surface area contributed by atoms with Crippen LogP contribution in [0.2, 0.25) is 0 Å². The van der Waals surface area contributed by atoms with Gasteiger partial charge in [-0.1, -0.05) is 6.07 Å². The van der Waals surface area contributed by atoms with E-state index in [0.717, 1.165) is 4.90 Å². The van der Waals surface area contributed by atoms with Crippen molar-refractivity contribution in [2.75, 3.05) is 5.75 Å². The molecule has 24 heavy (non-hydrogen) atoms. The first-order valence-corrected chi connectivity index (χ1v) is 8.71. The third kappa shape index (κ3) is 4.89. The fraction of sp³-hybridized carbons (Fsp3) is 0.333. The van der Waals surface area contributed by atoms with Gasteiger partial charge in [0, 0.05) is 17.1 Å². The van der Waals surface area contributed by atoms with Gasteiger partial charge in [0.25, 0.3) is 5.91 Å². The maximum atomic E-state index is 12.0. The Morgan fingerprint density at radius 3 is 2.42 bits per heavy atom. The van der Waals surface area contributed by atoms with Crippen molar-refractivity contribution in [3.8, 4) is 0 Å². The maximum Gasteiger partial charge on any atom is 0.273 e. The molecular weight excluding hydrogens is 324 g/mol. The number of carbonyl (C=O) groups excluding carboxylic acids is 2. The van der Waals surface area contributed by atoms with E-state index < -0.39 is 0 Å². The van der Waals surface area contributed by atoms with Crippen LogP contribution in [0.4, 0.5) is 0 Å². The fourth-order valence-corrected chi connectivity index (χ4v) is 3.13. The zero-order valence-corrected chi connectivity index (χ0v) is 15.2. The summed E-state index contributed by atoms with van der Waals surface area (Å²) in [5.74, 6) is 1.24. The van der Waals surface area contributed by atoms with Crippen LogP contribution in [0.3, 0.4) is 0 Å². The van der Waals surface area contributed by atoms with Crippen LogP contribution in [-0.2, 0) is 4.79 Å². The van der Waals surface area contributed by atoms with E-state index in [0.29, 0.717) is 29.3 Å². The molecule has 0 unspecified atom stereocenters. The predicted octanol–water partition coefficient (Wildman–Crippen LogP) is 3.46. The maximum absolute atomic E-state index is 12.0. The minimum absolute atomic E-state index is 0.224. The Hall–Kier alpha value is -2.21. The van der Waals surface area contributed by atoms with Gasteiger partial charge in [-0.05, 0) is 57.0 Å². The molecule has 0 radical (unpaired) electrons. The first-order valence-electron chi connectivity index (χ1n) is 7.73. The van der Waals surface area contributed by atoms with Gasteiger partial charge < -0.3 is 4.42 Å². The van der Waals surface area contributed by atoms with E-state index in [-0.39, 0.29) is 11.8 Å². The predicted molar refractivity (Wildman–Crippen MR) is 95.0 cm³/mol. The van der Waals surface area contributed by atoms with E-state index in [9.17, 15) is 9.59 Å². The number of hydrazine groups is 1. The first-order chi connectivity index (χ1) is 11.4. The summed E-state index contributed by atoms with van der Waals surface area (Å²) in [7, 11) is 0. The number of rotatable bonds is 5. The van der Waals surface area contributed by atoms with Crippen molar-refractivity contribution >= 4 is 23.6 Å². The molecule has 0 bridgehead atoms. The van der Waals surface area contributed by atoms with Crippen LogP contribution in [0, 0.1) is 27.7 Å². The minimum Gasteiger partial charge on any atom is -0.466 e. The lowest BCUT2D eigenvalue weighted by molar-refractivity contribution is -0.121.